The second-order valence-electron chi connectivity index (χ2n) is 5.58. The van der Waals surface area contributed by atoms with Crippen LogP contribution in [0.15, 0.2) is 17.3 Å². The molecule has 0 saturated heterocycles. The normalized spacial score (nSPS) is 19.0. The highest BCUT2D eigenvalue weighted by molar-refractivity contribution is 7.99. The van der Waals surface area contributed by atoms with Crippen molar-refractivity contribution in [1.29, 1.82) is 0 Å². The molecule has 2 rings (SSSR count). The zero-order valence-electron chi connectivity index (χ0n) is 14.0. The van der Waals surface area contributed by atoms with Crippen LogP contribution >= 0.6 is 23.4 Å². The number of alkyl halides is 3. The first-order valence-electron chi connectivity index (χ1n) is 7.75. The molecule has 1 heterocycles. The number of hydrogen-bond acceptors (Lipinski definition) is 8. The first kappa shape index (κ1) is 22.2. The second-order valence-corrected chi connectivity index (χ2v) is 7.00. The fraction of sp³-hybridized carbons (Fsp3) is 0.500. The molecule has 1 aromatic rings. The van der Waals surface area contributed by atoms with E-state index in [9.17, 15) is 28.1 Å². The lowest BCUT2D eigenvalue weighted by atomic mass is 10.2. The summed E-state index contributed by atoms with van der Waals surface area (Å²) in [6, 6.07) is -0.475. The molecule has 2 atom stereocenters. The van der Waals surface area contributed by atoms with Gasteiger partial charge in [0.1, 0.15) is 6.61 Å². The van der Waals surface area contributed by atoms with Crippen molar-refractivity contribution in [2.45, 2.75) is 36.3 Å². The Morgan fingerprint density at radius 3 is 2.79 bits per heavy atom. The summed E-state index contributed by atoms with van der Waals surface area (Å²) in [6.45, 7) is -0.499. The fourth-order valence-corrected chi connectivity index (χ4v) is 3.36. The second kappa shape index (κ2) is 9.39. The molecule has 154 valence electrons. The minimum atomic E-state index is -4.35. The van der Waals surface area contributed by atoms with E-state index in [-0.39, 0.29) is 23.1 Å². The maximum atomic E-state index is 12.3. The summed E-state index contributed by atoms with van der Waals surface area (Å²) in [6.07, 6.45) is -2.45. The molecule has 0 spiro atoms. The van der Waals surface area contributed by atoms with E-state index >= 15 is 0 Å². The molecule has 1 aliphatic rings. The van der Waals surface area contributed by atoms with Gasteiger partial charge >= 0.3 is 17.8 Å². The van der Waals surface area contributed by atoms with Gasteiger partial charge in [-0.3, -0.25) is 10.1 Å². The van der Waals surface area contributed by atoms with E-state index in [4.69, 9.17) is 21.4 Å². The molecule has 2 N–H and O–H groups in total. The number of aliphatic carboxylic acids is 1. The zero-order valence-corrected chi connectivity index (χ0v) is 15.6. The first-order valence-corrected chi connectivity index (χ1v) is 9.11. The predicted octanol–water partition coefficient (Wildman–Crippen LogP) is 3.29. The van der Waals surface area contributed by atoms with Crippen molar-refractivity contribution >= 4 is 40.8 Å². The molecular formula is C14H14ClF3N4O5S. The molecule has 0 saturated carbocycles. The van der Waals surface area contributed by atoms with E-state index in [2.05, 4.69) is 15.3 Å². The molecule has 0 amide bonds. The number of halogens is 4. The van der Waals surface area contributed by atoms with Gasteiger partial charge in [0.05, 0.1) is 17.4 Å². The Bertz CT molecular complexity index is 780. The van der Waals surface area contributed by atoms with Gasteiger partial charge in [-0.2, -0.15) is 18.2 Å². The number of carboxylic acid groups (broad SMARTS) is 1. The molecule has 0 unspecified atom stereocenters. The molecule has 9 nitrogen and oxygen atoms in total. The lowest BCUT2D eigenvalue weighted by Gasteiger charge is -2.15. The van der Waals surface area contributed by atoms with Crippen LogP contribution in [0.4, 0.5) is 24.7 Å². The quantitative estimate of drug-likeness (QED) is 0.148. The molecule has 0 radical (unpaired) electrons. The molecule has 0 aliphatic heterocycles. The van der Waals surface area contributed by atoms with Gasteiger partial charge in [-0.15, -0.1) is 0 Å². The Kier molecular flexibility index (Phi) is 7.43. The Balaban J connectivity index is 2.10. The van der Waals surface area contributed by atoms with Gasteiger partial charge in [0.15, 0.2) is 5.16 Å². The standard InChI is InChI=1S/C14H14ClF3N4O5S/c15-11-10(22(25)26)12(21-13(20-11)28-4-3-14(16,17)18)19-7-1-2-8(5-7)27-6-9(23)24/h1-2,7-8H,3-6H2,(H,23,24)(H,19,20,21)/t7-,8-/m1/s1. The molecule has 14 heteroatoms. The van der Waals surface area contributed by atoms with Crippen LogP contribution in [-0.4, -0.2) is 56.6 Å². The van der Waals surface area contributed by atoms with E-state index < -0.39 is 53.1 Å². The Hall–Kier alpha value is -2.12. The van der Waals surface area contributed by atoms with Crippen molar-refractivity contribution in [2.75, 3.05) is 17.7 Å². The predicted molar refractivity (Wildman–Crippen MR) is 93.6 cm³/mol. The van der Waals surface area contributed by atoms with E-state index in [1.807, 2.05) is 0 Å². The van der Waals surface area contributed by atoms with Gasteiger partial charge in [-0.25, -0.2) is 9.78 Å². The summed E-state index contributed by atoms with van der Waals surface area (Å²) in [5, 5.41) is 22.0. The minimum absolute atomic E-state index is 0.136. The average molecular weight is 443 g/mol. The summed E-state index contributed by atoms with van der Waals surface area (Å²) in [7, 11) is 0. The van der Waals surface area contributed by atoms with E-state index in [0.29, 0.717) is 11.8 Å². The number of thioether (sulfide) groups is 1. The van der Waals surface area contributed by atoms with Crippen LogP contribution < -0.4 is 5.32 Å². The Morgan fingerprint density at radius 1 is 1.46 bits per heavy atom. The van der Waals surface area contributed by atoms with Gasteiger partial charge < -0.3 is 15.2 Å². The molecule has 0 fully saturated rings. The van der Waals surface area contributed by atoms with Gasteiger partial charge in [-0.05, 0) is 0 Å². The third-order valence-corrected chi connectivity index (χ3v) is 4.52. The number of carboxylic acids is 1. The number of rotatable bonds is 9. The van der Waals surface area contributed by atoms with Crippen LogP contribution in [0.3, 0.4) is 0 Å². The van der Waals surface area contributed by atoms with Crippen LogP contribution in [0.1, 0.15) is 12.8 Å². The third-order valence-electron chi connectivity index (χ3n) is 3.41. The molecular weight excluding hydrogens is 429 g/mol. The highest BCUT2D eigenvalue weighted by Crippen LogP contribution is 2.34. The Labute approximate surface area is 165 Å². The maximum Gasteiger partial charge on any atom is 0.389 e. The number of nitrogens with one attached hydrogen (secondary N) is 1. The summed E-state index contributed by atoms with van der Waals surface area (Å²) in [5.41, 5.74) is -0.606. The molecule has 1 aromatic heterocycles. The number of ether oxygens (including phenoxy) is 1. The molecule has 1 aliphatic carbocycles. The van der Waals surface area contributed by atoms with E-state index in [0.717, 1.165) is 0 Å². The van der Waals surface area contributed by atoms with Crippen LogP contribution in [0.25, 0.3) is 0 Å². The number of anilines is 1. The monoisotopic (exact) mass is 442 g/mol. The highest BCUT2D eigenvalue weighted by atomic mass is 35.5. The van der Waals surface area contributed by atoms with E-state index in [1.54, 1.807) is 12.2 Å². The average Bonchev–Trinajstić information content (AvgIpc) is 2.98. The van der Waals surface area contributed by atoms with Gasteiger partial charge in [0.2, 0.25) is 11.0 Å². The lowest BCUT2D eigenvalue weighted by Crippen LogP contribution is -2.22. The van der Waals surface area contributed by atoms with Crippen molar-refractivity contribution in [2.24, 2.45) is 0 Å². The topological polar surface area (TPSA) is 127 Å². The third kappa shape index (κ3) is 6.80. The van der Waals surface area contributed by atoms with Crippen molar-refractivity contribution < 1.29 is 32.7 Å². The Morgan fingerprint density at radius 2 is 2.18 bits per heavy atom. The van der Waals surface area contributed by atoms with Crippen LogP contribution in [-0.2, 0) is 9.53 Å². The number of aromatic nitrogens is 2. The number of carbonyl (C=O) groups is 1. The fourth-order valence-electron chi connectivity index (χ4n) is 2.24. The molecule has 0 bridgehead atoms. The number of nitrogens with zero attached hydrogens (tertiary/aromatic N) is 3. The summed E-state index contributed by atoms with van der Waals surface area (Å²) in [4.78, 5) is 28.6. The highest BCUT2D eigenvalue weighted by Gasteiger charge is 2.29. The van der Waals surface area contributed by atoms with Crippen molar-refractivity contribution in [3.63, 3.8) is 0 Å². The zero-order chi connectivity index (χ0) is 20.9. The van der Waals surface area contributed by atoms with Gasteiger partial charge in [0.25, 0.3) is 0 Å². The van der Waals surface area contributed by atoms with E-state index in [1.165, 1.54) is 0 Å². The molecule has 0 aromatic carbocycles. The van der Waals surface area contributed by atoms with Gasteiger partial charge in [-0.1, -0.05) is 35.5 Å². The van der Waals surface area contributed by atoms with Crippen LogP contribution in [0.2, 0.25) is 5.15 Å². The van der Waals surface area contributed by atoms with Crippen molar-refractivity contribution in [1.82, 2.24) is 9.97 Å². The lowest BCUT2D eigenvalue weighted by molar-refractivity contribution is -0.384. The number of nitro groups is 1. The van der Waals surface area contributed by atoms with Crippen molar-refractivity contribution in [3.05, 3.63) is 27.4 Å². The first-order chi connectivity index (χ1) is 13.0. The molecule has 28 heavy (non-hydrogen) atoms. The SMILES string of the molecule is O=C(O)CO[C@@H]1C=C[C@@H](Nc2nc(SCCC(F)(F)F)nc(Cl)c2[N+](=O)[O-])C1. The maximum absolute atomic E-state index is 12.3. The summed E-state index contributed by atoms with van der Waals surface area (Å²) >= 11 is 6.49. The summed E-state index contributed by atoms with van der Waals surface area (Å²) in [5.74, 6) is -1.75. The largest absolute Gasteiger partial charge is 0.480 e. The minimum Gasteiger partial charge on any atom is -0.480 e. The van der Waals surface area contributed by atoms with Crippen LogP contribution in [0.5, 0.6) is 0 Å². The van der Waals surface area contributed by atoms with Crippen LogP contribution in [0, 0.1) is 10.1 Å². The smallest absolute Gasteiger partial charge is 0.389 e. The van der Waals surface area contributed by atoms with Crippen molar-refractivity contribution in [3.8, 4) is 0 Å². The number of hydrogen-bond donors (Lipinski definition) is 2. The summed E-state index contributed by atoms with van der Waals surface area (Å²) < 4.78 is 41.9. The van der Waals surface area contributed by atoms with Gasteiger partial charge in [0, 0.05) is 18.2 Å².